The summed E-state index contributed by atoms with van der Waals surface area (Å²) in [6.45, 7) is 10.1. The second kappa shape index (κ2) is 6.46. The van der Waals surface area contributed by atoms with Gasteiger partial charge in [-0.1, -0.05) is 34.6 Å². The Balaban J connectivity index is 0.000000791. The number of rotatable bonds is 3. The summed E-state index contributed by atoms with van der Waals surface area (Å²) < 4.78 is 9.74. The summed E-state index contributed by atoms with van der Waals surface area (Å²) in [5.74, 6) is 1.30. The Labute approximate surface area is 85.1 Å². The first kappa shape index (κ1) is 13.0. The fourth-order valence-electron chi connectivity index (χ4n) is 1.13. The Hall–Kier alpha value is -0.990. The molecule has 0 saturated heterocycles. The van der Waals surface area contributed by atoms with E-state index in [1.807, 2.05) is 20.8 Å². The van der Waals surface area contributed by atoms with Gasteiger partial charge in [0.05, 0.1) is 0 Å². The van der Waals surface area contributed by atoms with Crippen LogP contribution in [0.25, 0.3) is 0 Å². The molecule has 0 atom stereocenters. The van der Waals surface area contributed by atoms with E-state index in [1.165, 1.54) is 0 Å². The van der Waals surface area contributed by atoms with E-state index in [0.29, 0.717) is 23.9 Å². The summed E-state index contributed by atoms with van der Waals surface area (Å²) in [5, 5.41) is 0. The lowest BCUT2D eigenvalue weighted by Gasteiger charge is -1.99. The van der Waals surface area contributed by atoms with Crippen molar-refractivity contribution in [2.24, 2.45) is 5.92 Å². The zero-order chi connectivity index (χ0) is 11.1. The molecule has 0 aliphatic rings. The molecule has 0 saturated carbocycles. The number of hydrogen-bond donors (Lipinski definition) is 0. The summed E-state index contributed by atoms with van der Waals surface area (Å²) in [6, 6.07) is 0. The molecule has 0 fully saturated rings. The van der Waals surface area contributed by atoms with E-state index >= 15 is 0 Å². The lowest BCUT2D eigenvalue weighted by Crippen LogP contribution is -1.95. The second-order valence-electron chi connectivity index (χ2n) is 3.25. The van der Waals surface area contributed by atoms with Gasteiger partial charge in [0.25, 0.3) is 0 Å². The van der Waals surface area contributed by atoms with Crippen LogP contribution in [0.4, 0.5) is 0 Å². The molecule has 3 heteroatoms. The summed E-state index contributed by atoms with van der Waals surface area (Å²) in [6.07, 6.45) is 1.49. The van der Waals surface area contributed by atoms with Gasteiger partial charge in [-0.15, -0.1) is 0 Å². The minimum atomic E-state index is -0.581. The molecule has 1 aromatic heterocycles. The standard InChI is InChI=1S/C9H14O3.C2H6/c1-4-7-8(5-6(2)3)12-9(10)11-7;1-2/h6H,4-5H2,1-3H3;1-2H3. The van der Waals surface area contributed by atoms with Gasteiger partial charge in [0.2, 0.25) is 0 Å². The van der Waals surface area contributed by atoms with E-state index in [2.05, 4.69) is 13.8 Å². The Morgan fingerprint density at radius 1 is 1.14 bits per heavy atom. The van der Waals surface area contributed by atoms with Crippen LogP contribution in [0.3, 0.4) is 0 Å². The van der Waals surface area contributed by atoms with E-state index in [9.17, 15) is 4.79 Å². The Kier molecular flexibility index (Phi) is 6.00. The predicted octanol–water partition coefficient (Wildman–Crippen LogP) is 3.02. The maximum absolute atomic E-state index is 10.7. The van der Waals surface area contributed by atoms with Crippen LogP contribution in [0.5, 0.6) is 0 Å². The monoisotopic (exact) mass is 200 g/mol. The van der Waals surface area contributed by atoms with E-state index in [1.54, 1.807) is 0 Å². The van der Waals surface area contributed by atoms with Crippen LogP contribution in [0.2, 0.25) is 0 Å². The SMILES string of the molecule is CC.CCc1oc(=O)oc1CC(C)C. The molecule has 14 heavy (non-hydrogen) atoms. The fourth-order valence-corrected chi connectivity index (χ4v) is 1.13. The highest BCUT2D eigenvalue weighted by molar-refractivity contribution is 5.03. The molecule has 1 rings (SSSR count). The van der Waals surface area contributed by atoms with Crippen molar-refractivity contribution < 1.29 is 8.83 Å². The van der Waals surface area contributed by atoms with Crippen molar-refractivity contribution in [2.45, 2.75) is 47.5 Å². The van der Waals surface area contributed by atoms with Crippen molar-refractivity contribution >= 4 is 0 Å². The molecule has 0 bridgehead atoms. The highest BCUT2D eigenvalue weighted by Crippen LogP contribution is 2.12. The van der Waals surface area contributed by atoms with Gasteiger partial charge in [-0.05, 0) is 5.92 Å². The van der Waals surface area contributed by atoms with E-state index in [0.717, 1.165) is 6.42 Å². The predicted molar refractivity (Wildman–Crippen MR) is 56.5 cm³/mol. The maximum Gasteiger partial charge on any atom is 0.519 e. The smallest absolute Gasteiger partial charge is 0.396 e. The minimum Gasteiger partial charge on any atom is -0.396 e. The largest absolute Gasteiger partial charge is 0.519 e. The lowest BCUT2D eigenvalue weighted by molar-refractivity contribution is 0.362. The van der Waals surface area contributed by atoms with Crippen LogP contribution in [-0.4, -0.2) is 0 Å². The molecule has 0 radical (unpaired) electrons. The van der Waals surface area contributed by atoms with Crippen LogP contribution in [0.15, 0.2) is 13.6 Å². The van der Waals surface area contributed by atoms with Crippen LogP contribution < -0.4 is 5.82 Å². The van der Waals surface area contributed by atoms with Gasteiger partial charge in [0.1, 0.15) is 11.5 Å². The zero-order valence-corrected chi connectivity index (χ0v) is 9.72. The van der Waals surface area contributed by atoms with Gasteiger partial charge >= 0.3 is 5.82 Å². The van der Waals surface area contributed by atoms with Gasteiger partial charge in [0.15, 0.2) is 0 Å². The quantitative estimate of drug-likeness (QED) is 0.753. The Morgan fingerprint density at radius 2 is 1.64 bits per heavy atom. The van der Waals surface area contributed by atoms with E-state index in [4.69, 9.17) is 8.83 Å². The van der Waals surface area contributed by atoms with Gasteiger partial charge in [0, 0.05) is 12.8 Å². The third-order valence-corrected chi connectivity index (χ3v) is 1.64. The third kappa shape index (κ3) is 3.81. The van der Waals surface area contributed by atoms with E-state index < -0.39 is 5.82 Å². The molecular weight excluding hydrogens is 180 g/mol. The van der Waals surface area contributed by atoms with Crippen molar-refractivity contribution in [1.82, 2.24) is 0 Å². The van der Waals surface area contributed by atoms with Crippen molar-refractivity contribution in [1.29, 1.82) is 0 Å². The molecule has 82 valence electrons. The minimum absolute atomic E-state index is 0.482. The molecule has 0 unspecified atom stereocenters. The zero-order valence-electron chi connectivity index (χ0n) is 9.72. The summed E-state index contributed by atoms with van der Waals surface area (Å²) >= 11 is 0. The van der Waals surface area contributed by atoms with Crippen LogP contribution in [0, 0.1) is 5.92 Å². The van der Waals surface area contributed by atoms with Crippen molar-refractivity contribution in [3.63, 3.8) is 0 Å². The molecule has 3 nitrogen and oxygen atoms in total. The average Bonchev–Trinajstić information content (AvgIpc) is 2.48. The fraction of sp³-hybridized carbons (Fsp3) is 0.727. The van der Waals surface area contributed by atoms with E-state index in [-0.39, 0.29) is 0 Å². The molecule has 1 heterocycles. The normalized spacial score (nSPS) is 9.86. The van der Waals surface area contributed by atoms with Gasteiger partial charge in [-0.3, -0.25) is 0 Å². The van der Waals surface area contributed by atoms with Gasteiger partial charge in [-0.25, -0.2) is 4.79 Å². The molecule has 0 aliphatic carbocycles. The Morgan fingerprint density at radius 3 is 2.07 bits per heavy atom. The summed E-state index contributed by atoms with van der Waals surface area (Å²) in [5.41, 5.74) is 0. The van der Waals surface area contributed by atoms with Crippen LogP contribution >= 0.6 is 0 Å². The third-order valence-electron chi connectivity index (χ3n) is 1.64. The van der Waals surface area contributed by atoms with Crippen LogP contribution in [0.1, 0.15) is 46.1 Å². The highest BCUT2D eigenvalue weighted by Gasteiger charge is 2.11. The molecular formula is C11H20O3. The first-order chi connectivity index (χ1) is 6.63. The summed E-state index contributed by atoms with van der Waals surface area (Å²) in [4.78, 5) is 10.7. The van der Waals surface area contributed by atoms with Crippen molar-refractivity contribution in [2.75, 3.05) is 0 Å². The number of hydrogen-bond acceptors (Lipinski definition) is 3. The summed E-state index contributed by atoms with van der Waals surface area (Å²) in [7, 11) is 0. The average molecular weight is 200 g/mol. The molecule has 0 amide bonds. The number of aryl methyl sites for hydroxylation is 1. The topological polar surface area (TPSA) is 43.4 Å². The second-order valence-corrected chi connectivity index (χ2v) is 3.25. The van der Waals surface area contributed by atoms with Crippen molar-refractivity contribution in [3.8, 4) is 0 Å². The molecule has 0 N–H and O–H groups in total. The highest BCUT2D eigenvalue weighted by atomic mass is 16.6. The van der Waals surface area contributed by atoms with Gasteiger partial charge in [-0.2, -0.15) is 0 Å². The van der Waals surface area contributed by atoms with Gasteiger partial charge < -0.3 is 8.83 Å². The molecule has 0 spiro atoms. The first-order valence-electron chi connectivity index (χ1n) is 5.25. The Bertz CT molecular complexity index is 294. The molecule has 0 aromatic carbocycles. The molecule has 1 aromatic rings. The molecule has 0 aliphatic heterocycles. The van der Waals surface area contributed by atoms with Crippen LogP contribution in [-0.2, 0) is 12.8 Å². The first-order valence-corrected chi connectivity index (χ1v) is 5.25. The lowest BCUT2D eigenvalue weighted by atomic mass is 10.1. The van der Waals surface area contributed by atoms with Crippen molar-refractivity contribution in [3.05, 3.63) is 22.1 Å². The maximum atomic E-state index is 10.7.